The Morgan fingerprint density at radius 3 is 3.00 bits per heavy atom. The molecule has 2 heterocycles. The zero-order valence-electron chi connectivity index (χ0n) is 8.69. The molecular formula is C10H17NO3. The fraction of sp³-hybridized carbons (Fsp3) is 0.900. The summed E-state index contributed by atoms with van der Waals surface area (Å²) >= 11 is 0. The molecule has 4 nitrogen and oxygen atoms in total. The Hall–Kier alpha value is -0.610. The van der Waals surface area contributed by atoms with Crippen molar-refractivity contribution in [2.75, 3.05) is 13.2 Å². The number of ether oxygens (including phenoxy) is 1. The minimum atomic E-state index is -0.452. The SMILES string of the molecule is CC1(C)OC[C@@H]2[C@H](CCO)CC(=O)N21. The van der Waals surface area contributed by atoms with Gasteiger partial charge in [0.05, 0.1) is 12.6 Å². The number of aliphatic hydroxyl groups excluding tert-OH is 1. The largest absolute Gasteiger partial charge is 0.396 e. The van der Waals surface area contributed by atoms with Gasteiger partial charge in [-0.3, -0.25) is 4.79 Å². The van der Waals surface area contributed by atoms with Gasteiger partial charge in [0, 0.05) is 13.0 Å². The van der Waals surface area contributed by atoms with Gasteiger partial charge >= 0.3 is 0 Å². The van der Waals surface area contributed by atoms with E-state index in [0.717, 1.165) is 0 Å². The van der Waals surface area contributed by atoms with Crippen LogP contribution in [0.4, 0.5) is 0 Å². The van der Waals surface area contributed by atoms with Crippen LogP contribution in [0.5, 0.6) is 0 Å². The normalized spacial score (nSPS) is 35.1. The maximum atomic E-state index is 11.7. The van der Waals surface area contributed by atoms with Crippen LogP contribution in [0.25, 0.3) is 0 Å². The molecule has 2 saturated heterocycles. The number of carbonyl (C=O) groups is 1. The standard InChI is InChI=1S/C10H17NO3/c1-10(2)11-8(6-14-10)7(3-4-12)5-9(11)13/h7-8,12H,3-6H2,1-2H3/t7-,8-/m1/s1. The van der Waals surface area contributed by atoms with Crippen LogP contribution in [-0.4, -0.2) is 40.9 Å². The van der Waals surface area contributed by atoms with Crippen molar-refractivity contribution in [3.8, 4) is 0 Å². The predicted octanol–water partition coefficient (Wildman–Crippen LogP) is 0.352. The molecular weight excluding hydrogens is 182 g/mol. The second-order valence-corrected chi connectivity index (χ2v) is 4.57. The lowest BCUT2D eigenvalue weighted by Gasteiger charge is -2.29. The molecule has 0 unspecified atom stereocenters. The van der Waals surface area contributed by atoms with Crippen LogP contribution in [0.2, 0.25) is 0 Å². The molecule has 14 heavy (non-hydrogen) atoms. The second-order valence-electron chi connectivity index (χ2n) is 4.57. The van der Waals surface area contributed by atoms with Crippen LogP contribution in [0.15, 0.2) is 0 Å². The van der Waals surface area contributed by atoms with E-state index >= 15 is 0 Å². The smallest absolute Gasteiger partial charge is 0.225 e. The lowest BCUT2D eigenvalue weighted by molar-refractivity contribution is -0.141. The van der Waals surface area contributed by atoms with Gasteiger partial charge in [-0.25, -0.2) is 0 Å². The molecule has 0 bridgehead atoms. The number of rotatable bonds is 2. The number of fused-ring (bicyclic) bond motifs is 1. The van der Waals surface area contributed by atoms with Crippen molar-refractivity contribution >= 4 is 5.91 Å². The average molecular weight is 199 g/mol. The van der Waals surface area contributed by atoms with Crippen LogP contribution < -0.4 is 0 Å². The maximum Gasteiger partial charge on any atom is 0.225 e. The minimum absolute atomic E-state index is 0.155. The summed E-state index contributed by atoms with van der Waals surface area (Å²) in [6.45, 7) is 4.62. The quantitative estimate of drug-likeness (QED) is 0.698. The zero-order chi connectivity index (χ0) is 10.3. The van der Waals surface area contributed by atoms with Crippen LogP contribution >= 0.6 is 0 Å². The van der Waals surface area contributed by atoms with Gasteiger partial charge in [0.25, 0.3) is 0 Å². The molecule has 2 aliphatic heterocycles. The summed E-state index contributed by atoms with van der Waals surface area (Å²) in [6.07, 6.45) is 1.27. The second kappa shape index (κ2) is 3.21. The summed E-state index contributed by atoms with van der Waals surface area (Å²) < 4.78 is 5.58. The molecule has 2 rings (SSSR count). The molecule has 0 aromatic rings. The monoisotopic (exact) mass is 199 g/mol. The molecule has 4 heteroatoms. The lowest BCUT2D eigenvalue weighted by atomic mass is 9.98. The van der Waals surface area contributed by atoms with E-state index in [1.165, 1.54) is 0 Å². The Labute approximate surface area is 83.8 Å². The minimum Gasteiger partial charge on any atom is -0.396 e. The van der Waals surface area contributed by atoms with Gasteiger partial charge in [-0.05, 0) is 26.2 Å². The van der Waals surface area contributed by atoms with Gasteiger partial charge in [0.2, 0.25) is 5.91 Å². The van der Waals surface area contributed by atoms with Gasteiger partial charge in [0.1, 0.15) is 5.72 Å². The molecule has 0 aromatic heterocycles. The molecule has 0 aliphatic carbocycles. The maximum absolute atomic E-state index is 11.7. The van der Waals surface area contributed by atoms with Gasteiger partial charge in [-0.1, -0.05) is 0 Å². The zero-order valence-corrected chi connectivity index (χ0v) is 8.69. The highest BCUT2D eigenvalue weighted by molar-refractivity contribution is 5.80. The van der Waals surface area contributed by atoms with Crippen LogP contribution in [0.1, 0.15) is 26.7 Å². The molecule has 0 spiro atoms. The molecule has 0 aromatic carbocycles. The highest BCUT2D eigenvalue weighted by Gasteiger charge is 2.51. The van der Waals surface area contributed by atoms with E-state index in [4.69, 9.17) is 9.84 Å². The van der Waals surface area contributed by atoms with E-state index in [-0.39, 0.29) is 24.5 Å². The van der Waals surface area contributed by atoms with E-state index in [1.807, 2.05) is 18.7 Å². The molecule has 80 valence electrons. The van der Waals surface area contributed by atoms with Crippen molar-refractivity contribution in [3.63, 3.8) is 0 Å². The van der Waals surface area contributed by atoms with Crippen molar-refractivity contribution < 1.29 is 14.6 Å². The summed E-state index contributed by atoms with van der Waals surface area (Å²) in [5, 5.41) is 8.89. The molecule has 2 aliphatic rings. The van der Waals surface area contributed by atoms with Gasteiger partial charge in [0.15, 0.2) is 0 Å². The molecule has 1 N–H and O–H groups in total. The number of amides is 1. The summed E-state index contributed by atoms with van der Waals surface area (Å²) in [4.78, 5) is 13.6. The van der Waals surface area contributed by atoms with E-state index in [2.05, 4.69) is 0 Å². The van der Waals surface area contributed by atoms with Crippen molar-refractivity contribution in [1.29, 1.82) is 0 Å². The Balaban J connectivity index is 2.16. The summed E-state index contributed by atoms with van der Waals surface area (Å²) in [5.41, 5.74) is -0.452. The van der Waals surface area contributed by atoms with E-state index in [9.17, 15) is 4.79 Å². The fourth-order valence-electron chi connectivity index (χ4n) is 2.58. The average Bonchev–Trinajstić information content (AvgIpc) is 2.55. The number of aliphatic hydroxyl groups is 1. The lowest BCUT2D eigenvalue weighted by Crippen LogP contribution is -2.43. The Morgan fingerprint density at radius 2 is 2.36 bits per heavy atom. The third-order valence-electron chi connectivity index (χ3n) is 3.27. The Kier molecular flexibility index (Phi) is 2.27. The third kappa shape index (κ3) is 1.33. The summed E-state index contributed by atoms with van der Waals surface area (Å²) in [6, 6.07) is 0.185. The molecule has 2 atom stereocenters. The van der Waals surface area contributed by atoms with E-state index in [0.29, 0.717) is 19.4 Å². The van der Waals surface area contributed by atoms with Gasteiger partial charge in [-0.2, -0.15) is 0 Å². The van der Waals surface area contributed by atoms with E-state index in [1.54, 1.807) is 0 Å². The van der Waals surface area contributed by atoms with Crippen LogP contribution in [0, 0.1) is 5.92 Å². The number of hydrogen-bond donors (Lipinski definition) is 1. The number of carbonyl (C=O) groups excluding carboxylic acids is 1. The van der Waals surface area contributed by atoms with Crippen molar-refractivity contribution in [1.82, 2.24) is 4.90 Å². The third-order valence-corrected chi connectivity index (χ3v) is 3.27. The first-order valence-corrected chi connectivity index (χ1v) is 5.13. The van der Waals surface area contributed by atoms with Gasteiger partial charge in [-0.15, -0.1) is 0 Å². The fourth-order valence-corrected chi connectivity index (χ4v) is 2.58. The van der Waals surface area contributed by atoms with Crippen molar-refractivity contribution in [2.24, 2.45) is 5.92 Å². The van der Waals surface area contributed by atoms with Gasteiger partial charge < -0.3 is 14.7 Å². The number of hydrogen-bond acceptors (Lipinski definition) is 3. The molecule has 2 fully saturated rings. The molecule has 1 amide bonds. The summed E-state index contributed by atoms with van der Waals surface area (Å²) in [5.74, 6) is 0.435. The van der Waals surface area contributed by atoms with E-state index < -0.39 is 5.72 Å². The highest BCUT2D eigenvalue weighted by atomic mass is 16.5. The Morgan fingerprint density at radius 1 is 1.64 bits per heavy atom. The van der Waals surface area contributed by atoms with Crippen molar-refractivity contribution in [2.45, 2.75) is 38.5 Å². The van der Waals surface area contributed by atoms with Crippen LogP contribution in [0.3, 0.4) is 0 Å². The first kappa shape index (κ1) is 9.93. The predicted molar refractivity (Wildman–Crippen MR) is 50.5 cm³/mol. The molecule has 0 radical (unpaired) electrons. The highest BCUT2D eigenvalue weighted by Crippen LogP contribution is 2.39. The Bertz CT molecular complexity index is 252. The van der Waals surface area contributed by atoms with Crippen molar-refractivity contribution in [3.05, 3.63) is 0 Å². The topological polar surface area (TPSA) is 49.8 Å². The summed E-state index contributed by atoms with van der Waals surface area (Å²) in [7, 11) is 0. The first-order valence-electron chi connectivity index (χ1n) is 5.13. The molecule has 0 saturated carbocycles. The number of nitrogens with zero attached hydrogens (tertiary/aromatic N) is 1. The van der Waals surface area contributed by atoms with Crippen LogP contribution in [-0.2, 0) is 9.53 Å². The first-order chi connectivity index (χ1) is 6.56.